The minimum absolute atomic E-state index is 0. The predicted molar refractivity (Wildman–Crippen MR) is 109 cm³/mol. The minimum atomic E-state index is -1.67. The minimum Gasteiger partial charge on any atom is -0.387 e. The van der Waals surface area contributed by atoms with Crippen molar-refractivity contribution in [2.45, 2.75) is 24.4 Å². The van der Waals surface area contributed by atoms with Crippen LogP contribution >= 0.6 is 24.8 Å². The maximum Gasteiger partial charge on any atom is 0.140 e. The predicted octanol–water partition coefficient (Wildman–Crippen LogP) is 1.77. The standard InChI is InChI=1S/C18H18N4O4.2ClH/c23-13(15(25)17-19-9-5-1-2-6-10(9)20-17)14(24)16(26)18-21-11-7-3-4-8-12(11)22-18;;/h1-8,13-16,23-26H,(H,19,20)(H,21,22);2*1H/t13-,14-,15-,16-;;/m0../s1. The van der Waals surface area contributed by atoms with Crippen LogP contribution in [0.15, 0.2) is 48.5 Å². The number of nitrogens with zero attached hydrogens (tertiary/aromatic N) is 2. The van der Waals surface area contributed by atoms with Gasteiger partial charge < -0.3 is 30.4 Å². The molecule has 0 radical (unpaired) electrons. The van der Waals surface area contributed by atoms with Gasteiger partial charge in [-0.15, -0.1) is 24.8 Å². The van der Waals surface area contributed by atoms with E-state index in [-0.39, 0.29) is 36.5 Å². The van der Waals surface area contributed by atoms with Crippen LogP contribution in [0.25, 0.3) is 22.1 Å². The van der Waals surface area contributed by atoms with Crippen molar-refractivity contribution in [1.82, 2.24) is 19.9 Å². The van der Waals surface area contributed by atoms with Gasteiger partial charge in [0.1, 0.15) is 36.1 Å². The van der Waals surface area contributed by atoms with Gasteiger partial charge in [-0.05, 0) is 24.3 Å². The van der Waals surface area contributed by atoms with Crippen LogP contribution in [-0.2, 0) is 0 Å². The van der Waals surface area contributed by atoms with Gasteiger partial charge in [-0.3, -0.25) is 0 Å². The number of benzene rings is 2. The van der Waals surface area contributed by atoms with Crippen molar-refractivity contribution in [1.29, 1.82) is 0 Å². The van der Waals surface area contributed by atoms with Crippen molar-refractivity contribution < 1.29 is 20.4 Å². The van der Waals surface area contributed by atoms with Crippen LogP contribution in [0, 0.1) is 0 Å². The molecule has 150 valence electrons. The summed E-state index contributed by atoms with van der Waals surface area (Å²) in [5, 5.41) is 41.3. The highest BCUT2D eigenvalue weighted by molar-refractivity contribution is 5.85. The van der Waals surface area contributed by atoms with Crippen LogP contribution in [0.4, 0.5) is 0 Å². The molecule has 10 heteroatoms. The Morgan fingerprint density at radius 1 is 0.607 bits per heavy atom. The third-order valence-corrected chi connectivity index (χ3v) is 4.37. The SMILES string of the molecule is Cl.Cl.O[C@@H]([C@H](O)[C@H](O)c1nc2ccccc2[nH]1)[C@H](O)c1nc2ccccc2[nH]1. The summed E-state index contributed by atoms with van der Waals surface area (Å²) < 4.78 is 0. The number of halogens is 2. The summed E-state index contributed by atoms with van der Waals surface area (Å²) in [4.78, 5) is 14.2. The van der Waals surface area contributed by atoms with Gasteiger partial charge in [-0.1, -0.05) is 24.3 Å². The molecule has 0 fully saturated rings. The van der Waals surface area contributed by atoms with E-state index >= 15 is 0 Å². The summed E-state index contributed by atoms with van der Waals surface area (Å²) in [6.45, 7) is 0. The highest BCUT2D eigenvalue weighted by atomic mass is 35.5. The number of para-hydroxylation sites is 4. The Hall–Kier alpha value is -2.20. The molecule has 0 amide bonds. The van der Waals surface area contributed by atoms with Crippen molar-refractivity contribution in [3.8, 4) is 0 Å². The summed E-state index contributed by atoms with van der Waals surface area (Å²) in [7, 11) is 0. The number of hydrogen-bond acceptors (Lipinski definition) is 6. The molecule has 0 aliphatic rings. The zero-order chi connectivity index (χ0) is 18.3. The third-order valence-electron chi connectivity index (χ3n) is 4.37. The molecule has 0 spiro atoms. The maximum absolute atomic E-state index is 10.4. The molecule has 2 aromatic carbocycles. The van der Waals surface area contributed by atoms with Crippen molar-refractivity contribution in [2.75, 3.05) is 0 Å². The molecule has 0 saturated carbocycles. The molecule has 6 N–H and O–H groups in total. The second-order valence-corrected chi connectivity index (χ2v) is 6.15. The van der Waals surface area contributed by atoms with Crippen LogP contribution in [0.3, 0.4) is 0 Å². The molecule has 4 atom stereocenters. The molecule has 0 aliphatic carbocycles. The Kier molecular flexibility index (Phi) is 7.00. The molecule has 4 aromatic rings. The van der Waals surface area contributed by atoms with Crippen LogP contribution in [0.2, 0.25) is 0 Å². The Balaban J connectivity index is 0.00000140. The Morgan fingerprint density at radius 3 is 1.32 bits per heavy atom. The largest absolute Gasteiger partial charge is 0.387 e. The average molecular weight is 427 g/mol. The van der Waals surface area contributed by atoms with Gasteiger partial charge in [-0.2, -0.15) is 0 Å². The topological polar surface area (TPSA) is 138 Å². The highest BCUT2D eigenvalue weighted by Crippen LogP contribution is 2.26. The molecule has 8 nitrogen and oxygen atoms in total. The number of H-pyrrole nitrogens is 2. The number of nitrogens with one attached hydrogen (secondary N) is 2. The summed E-state index contributed by atoms with van der Waals surface area (Å²) in [5.74, 6) is 0.212. The first-order valence-electron chi connectivity index (χ1n) is 8.16. The number of aliphatic hydroxyl groups is 4. The fraction of sp³-hybridized carbons (Fsp3) is 0.222. The monoisotopic (exact) mass is 426 g/mol. The van der Waals surface area contributed by atoms with E-state index < -0.39 is 24.4 Å². The van der Waals surface area contributed by atoms with Crippen molar-refractivity contribution in [3.63, 3.8) is 0 Å². The summed E-state index contributed by atoms with van der Waals surface area (Å²) in [6, 6.07) is 14.3. The number of rotatable bonds is 5. The first-order valence-corrected chi connectivity index (χ1v) is 8.16. The van der Waals surface area contributed by atoms with Gasteiger partial charge in [0.15, 0.2) is 0 Å². The van der Waals surface area contributed by atoms with Gasteiger partial charge in [0, 0.05) is 0 Å². The van der Waals surface area contributed by atoms with E-state index in [1.807, 2.05) is 12.1 Å². The fourth-order valence-electron chi connectivity index (χ4n) is 2.92. The highest BCUT2D eigenvalue weighted by Gasteiger charge is 2.35. The molecular formula is C18H20Cl2N4O4. The number of hydrogen-bond donors (Lipinski definition) is 6. The summed E-state index contributed by atoms with van der Waals surface area (Å²) >= 11 is 0. The van der Waals surface area contributed by atoms with E-state index in [1.165, 1.54) is 0 Å². The number of fused-ring (bicyclic) bond motifs is 2. The van der Waals surface area contributed by atoms with E-state index in [0.29, 0.717) is 22.1 Å². The van der Waals surface area contributed by atoms with E-state index in [0.717, 1.165) is 0 Å². The molecule has 0 saturated heterocycles. The van der Waals surface area contributed by atoms with E-state index in [2.05, 4.69) is 19.9 Å². The smallest absolute Gasteiger partial charge is 0.140 e. The number of aromatic nitrogens is 4. The van der Waals surface area contributed by atoms with Crippen molar-refractivity contribution >= 4 is 46.9 Å². The van der Waals surface area contributed by atoms with Gasteiger partial charge in [-0.25, -0.2) is 9.97 Å². The second-order valence-electron chi connectivity index (χ2n) is 6.15. The van der Waals surface area contributed by atoms with Crippen molar-refractivity contribution in [3.05, 3.63) is 60.2 Å². The Morgan fingerprint density at radius 2 is 0.964 bits per heavy atom. The maximum atomic E-state index is 10.4. The number of aliphatic hydroxyl groups excluding tert-OH is 4. The molecule has 0 aliphatic heterocycles. The molecule has 0 unspecified atom stereocenters. The van der Waals surface area contributed by atoms with E-state index in [1.54, 1.807) is 36.4 Å². The Bertz CT molecular complexity index is 904. The average Bonchev–Trinajstić information content (AvgIpc) is 3.29. The van der Waals surface area contributed by atoms with Gasteiger partial charge in [0.05, 0.1) is 22.1 Å². The normalized spacial score (nSPS) is 15.4. The quantitative estimate of drug-likeness (QED) is 0.287. The van der Waals surface area contributed by atoms with Gasteiger partial charge >= 0.3 is 0 Å². The Labute approximate surface area is 172 Å². The lowest BCUT2D eigenvalue weighted by atomic mass is 10.0. The van der Waals surface area contributed by atoms with Crippen LogP contribution in [0.5, 0.6) is 0 Å². The lowest BCUT2D eigenvalue weighted by Crippen LogP contribution is -2.37. The summed E-state index contributed by atoms with van der Waals surface area (Å²) in [6.07, 6.45) is -6.34. The molecule has 2 aromatic heterocycles. The second kappa shape index (κ2) is 8.87. The fourth-order valence-corrected chi connectivity index (χ4v) is 2.92. The molecule has 4 rings (SSSR count). The van der Waals surface area contributed by atoms with Crippen LogP contribution < -0.4 is 0 Å². The molecular weight excluding hydrogens is 407 g/mol. The van der Waals surface area contributed by atoms with E-state index in [4.69, 9.17) is 0 Å². The lowest BCUT2D eigenvalue weighted by molar-refractivity contribution is -0.111. The number of imidazole rings is 2. The molecule has 28 heavy (non-hydrogen) atoms. The van der Waals surface area contributed by atoms with Crippen LogP contribution in [0.1, 0.15) is 23.9 Å². The van der Waals surface area contributed by atoms with E-state index in [9.17, 15) is 20.4 Å². The first kappa shape index (κ1) is 22.1. The van der Waals surface area contributed by atoms with Gasteiger partial charge in [0.25, 0.3) is 0 Å². The molecule has 2 heterocycles. The summed E-state index contributed by atoms with van der Waals surface area (Å²) in [5.41, 5.74) is 2.64. The molecule has 0 bridgehead atoms. The zero-order valence-corrected chi connectivity index (χ0v) is 16.1. The third kappa shape index (κ3) is 3.97. The van der Waals surface area contributed by atoms with Crippen molar-refractivity contribution in [2.24, 2.45) is 0 Å². The van der Waals surface area contributed by atoms with Gasteiger partial charge in [0.2, 0.25) is 0 Å². The van der Waals surface area contributed by atoms with Crippen LogP contribution in [-0.4, -0.2) is 52.6 Å². The first-order chi connectivity index (χ1) is 12.5. The lowest BCUT2D eigenvalue weighted by Gasteiger charge is -2.24. The zero-order valence-electron chi connectivity index (χ0n) is 14.4. The number of aromatic amines is 2.